The topological polar surface area (TPSA) is 97.1 Å². The van der Waals surface area contributed by atoms with E-state index < -0.39 is 16.0 Å². The van der Waals surface area contributed by atoms with Crippen molar-refractivity contribution in [2.75, 3.05) is 30.8 Å². The molecule has 1 fully saturated rings. The molecule has 0 N–H and O–H groups in total. The molecule has 0 radical (unpaired) electrons. The first-order chi connectivity index (χ1) is 14.2. The molecular formula is C21H24N2O6S. The Labute approximate surface area is 175 Å². The number of esters is 1. The number of likely N-dealkylation sites (N-methyl/N-ethyl adjacent to an activating group) is 1. The van der Waals surface area contributed by atoms with E-state index in [1.807, 2.05) is 0 Å². The molecular weight excluding hydrogens is 408 g/mol. The largest absolute Gasteiger partial charge is 0.465 e. The van der Waals surface area contributed by atoms with Gasteiger partial charge in [0, 0.05) is 19.7 Å². The van der Waals surface area contributed by atoms with Gasteiger partial charge in [0.15, 0.2) is 0 Å². The van der Waals surface area contributed by atoms with Crippen LogP contribution in [0.2, 0.25) is 0 Å². The number of aryl methyl sites for hydroxylation is 1. The Kier molecular flexibility index (Phi) is 6.31. The molecule has 30 heavy (non-hydrogen) atoms. The molecule has 160 valence electrons. The van der Waals surface area contributed by atoms with Crippen molar-refractivity contribution in [1.29, 1.82) is 0 Å². The van der Waals surface area contributed by atoms with Gasteiger partial charge in [-0.3, -0.25) is 9.10 Å². The van der Waals surface area contributed by atoms with E-state index in [0.717, 1.165) is 5.56 Å². The highest BCUT2D eigenvalue weighted by molar-refractivity contribution is 7.93. The zero-order chi connectivity index (χ0) is 21.9. The van der Waals surface area contributed by atoms with Gasteiger partial charge in [-0.05, 0) is 43.2 Å². The average Bonchev–Trinajstić information content (AvgIpc) is 3.26. The second-order valence-corrected chi connectivity index (χ2v) is 9.05. The number of amides is 1. The van der Waals surface area contributed by atoms with Gasteiger partial charge in [0.25, 0.3) is 0 Å². The summed E-state index contributed by atoms with van der Waals surface area (Å²) in [5.74, 6) is 0.365. The highest BCUT2D eigenvalue weighted by Gasteiger charge is 2.28. The number of ether oxygens (including phenoxy) is 1. The van der Waals surface area contributed by atoms with E-state index in [1.165, 1.54) is 22.4 Å². The van der Waals surface area contributed by atoms with Crippen LogP contribution in [0.1, 0.15) is 33.9 Å². The lowest BCUT2D eigenvalue weighted by Gasteiger charge is -2.16. The maximum absolute atomic E-state index is 12.4. The molecule has 1 aromatic heterocycles. The molecule has 0 unspecified atom stereocenters. The number of hydrogen-bond acceptors (Lipinski definition) is 6. The van der Waals surface area contributed by atoms with Crippen LogP contribution in [-0.4, -0.2) is 51.6 Å². The van der Waals surface area contributed by atoms with Crippen molar-refractivity contribution in [3.8, 4) is 0 Å². The van der Waals surface area contributed by atoms with Crippen LogP contribution in [0.5, 0.6) is 0 Å². The zero-order valence-electron chi connectivity index (χ0n) is 17.1. The van der Waals surface area contributed by atoms with Gasteiger partial charge in [0.2, 0.25) is 15.9 Å². The molecule has 8 nitrogen and oxygen atoms in total. The molecule has 9 heteroatoms. The van der Waals surface area contributed by atoms with Gasteiger partial charge < -0.3 is 14.1 Å². The number of nitrogens with zero attached hydrogens (tertiary/aromatic N) is 2. The maximum Gasteiger partial charge on any atom is 0.341 e. The number of hydrogen-bond donors (Lipinski definition) is 0. The van der Waals surface area contributed by atoms with Crippen molar-refractivity contribution in [3.05, 3.63) is 59.1 Å². The lowest BCUT2D eigenvalue weighted by atomic mass is 10.2. The Bertz CT molecular complexity index is 1070. The van der Waals surface area contributed by atoms with Gasteiger partial charge in [-0.15, -0.1) is 0 Å². The number of anilines is 1. The fourth-order valence-electron chi connectivity index (χ4n) is 3.22. The third-order valence-electron chi connectivity index (χ3n) is 4.84. The summed E-state index contributed by atoms with van der Waals surface area (Å²) in [4.78, 5) is 25.5. The number of methoxy groups -OCH3 is 1. The van der Waals surface area contributed by atoms with Crippen LogP contribution in [0.25, 0.3) is 6.08 Å². The summed E-state index contributed by atoms with van der Waals surface area (Å²) >= 11 is 0. The van der Waals surface area contributed by atoms with Crippen LogP contribution in [0, 0.1) is 6.92 Å². The fourth-order valence-corrected chi connectivity index (χ4v) is 4.79. The van der Waals surface area contributed by atoms with Crippen molar-refractivity contribution >= 4 is 33.7 Å². The van der Waals surface area contributed by atoms with E-state index in [1.54, 1.807) is 50.4 Å². The summed E-state index contributed by atoms with van der Waals surface area (Å²) in [5, 5.41) is 0. The monoisotopic (exact) mass is 432 g/mol. The smallest absolute Gasteiger partial charge is 0.341 e. The summed E-state index contributed by atoms with van der Waals surface area (Å²) in [6, 6.07) is 8.57. The second kappa shape index (κ2) is 8.74. The van der Waals surface area contributed by atoms with Crippen LogP contribution in [0.4, 0.5) is 5.69 Å². The molecule has 0 bridgehead atoms. The Morgan fingerprint density at radius 3 is 2.57 bits per heavy atom. The minimum Gasteiger partial charge on any atom is -0.465 e. The first-order valence-electron chi connectivity index (χ1n) is 9.42. The average molecular weight is 432 g/mol. The summed E-state index contributed by atoms with van der Waals surface area (Å²) in [5.41, 5.74) is 1.74. The predicted octanol–water partition coefficient (Wildman–Crippen LogP) is 2.59. The lowest BCUT2D eigenvalue weighted by Crippen LogP contribution is -2.24. The van der Waals surface area contributed by atoms with Crippen LogP contribution in [0.15, 0.2) is 40.8 Å². The normalized spacial score (nSPS) is 15.5. The van der Waals surface area contributed by atoms with Crippen molar-refractivity contribution < 1.29 is 27.2 Å². The first kappa shape index (κ1) is 21.6. The van der Waals surface area contributed by atoms with Gasteiger partial charge in [-0.2, -0.15) is 0 Å². The van der Waals surface area contributed by atoms with E-state index in [2.05, 4.69) is 0 Å². The number of rotatable bonds is 6. The Hall–Kier alpha value is -3.07. The Morgan fingerprint density at radius 2 is 1.97 bits per heavy atom. The number of furan rings is 1. The summed E-state index contributed by atoms with van der Waals surface area (Å²) in [7, 11) is -0.286. The predicted molar refractivity (Wildman–Crippen MR) is 112 cm³/mol. The molecule has 1 aliphatic rings. The number of benzene rings is 1. The molecule has 0 aliphatic carbocycles. The number of carbonyl (C=O) groups is 2. The minimum absolute atomic E-state index is 0.172. The highest BCUT2D eigenvalue weighted by Crippen LogP contribution is 2.24. The summed E-state index contributed by atoms with van der Waals surface area (Å²) in [6.45, 7) is 2.35. The fraction of sp³-hybridized carbons (Fsp3) is 0.333. The molecule has 1 amide bonds. The van der Waals surface area contributed by atoms with Crippen LogP contribution >= 0.6 is 0 Å². The number of carbonyl (C=O) groups excluding carboxylic acids is 2. The van der Waals surface area contributed by atoms with Gasteiger partial charge in [0.1, 0.15) is 17.1 Å². The van der Waals surface area contributed by atoms with Crippen molar-refractivity contribution in [3.63, 3.8) is 0 Å². The maximum atomic E-state index is 12.4. The molecule has 2 heterocycles. The molecule has 1 aromatic carbocycles. The van der Waals surface area contributed by atoms with Crippen molar-refractivity contribution in [1.82, 2.24) is 4.90 Å². The van der Waals surface area contributed by atoms with E-state index >= 15 is 0 Å². The molecule has 0 saturated carbocycles. The minimum atomic E-state index is -3.21. The van der Waals surface area contributed by atoms with Gasteiger partial charge in [-0.1, -0.05) is 12.1 Å². The van der Waals surface area contributed by atoms with E-state index in [4.69, 9.17) is 9.15 Å². The highest BCUT2D eigenvalue weighted by atomic mass is 32.2. The van der Waals surface area contributed by atoms with Crippen molar-refractivity contribution in [2.45, 2.75) is 19.9 Å². The van der Waals surface area contributed by atoms with Crippen LogP contribution in [-0.2, 0) is 26.1 Å². The standard InChI is InChI=1S/C21H24N2O6S/c1-15-19(21(25)28-3)13-18(29-15)14-22(2)20(24)10-7-16-5-8-17(9-6-16)23-11-4-12-30(23,26)27/h5-10,13H,4,11-12,14H2,1-3H3/b10-7+. The third kappa shape index (κ3) is 4.73. The third-order valence-corrected chi connectivity index (χ3v) is 6.71. The number of sulfonamides is 1. The van der Waals surface area contributed by atoms with E-state index in [0.29, 0.717) is 35.7 Å². The first-order valence-corrected chi connectivity index (χ1v) is 11.0. The van der Waals surface area contributed by atoms with Crippen LogP contribution in [0.3, 0.4) is 0 Å². The van der Waals surface area contributed by atoms with Gasteiger partial charge in [0.05, 0.1) is 25.1 Å². The Morgan fingerprint density at radius 1 is 1.27 bits per heavy atom. The Balaban J connectivity index is 1.62. The molecule has 1 saturated heterocycles. The van der Waals surface area contributed by atoms with E-state index in [9.17, 15) is 18.0 Å². The van der Waals surface area contributed by atoms with Gasteiger partial charge >= 0.3 is 5.97 Å². The second-order valence-electron chi connectivity index (χ2n) is 7.04. The lowest BCUT2D eigenvalue weighted by molar-refractivity contribution is -0.125. The van der Waals surface area contributed by atoms with Gasteiger partial charge in [-0.25, -0.2) is 13.2 Å². The van der Waals surface area contributed by atoms with Crippen LogP contribution < -0.4 is 4.31 Å². The molecule has 0 atom stereocenters. The summed E-state index contributed by atoms with van der Waals surface area (Å²) < 4.78 is 35.6. The van der Waals surface area contributed by atoms with Crippen molar-refractivity contribution in [2.24, 2.45) is 0 Å². The SMILES string of the molecule is COC(=O)c1cc(CN(C)C(=O)/C=C/c2ccc(N3CCCS3(=O)=O)cc2)oc1C. The quantitative estimate of drug-likeness (QED) is 0.514. The summed E-state index contributed by atoms with van der Waals surface area (Å²) in [6.07, 6.45) is 3.72. The molecule has 1 aliphatic heterocycles. The molecule has 3 rings (SSSR count). The van der Waals surface area contributed by atoms with E-state index in [-0.39, 0.29) is 18.2 Å². The molecule has 0 spiro atoms. The molecule has 2 aromatic rings. The zero-order valence-corrected chi connectivity index (χ0v) is 17.9.